The van der Waals surface area contributed by atoms with E-state index < -0.39 is 0 Å². The molecule has 0 unspecified atom stereocenters. The van der Waals surface area contributed by atoms with E-state index in [0.29, 0.717) is 11.6 Å². The molecule has 0 fully saturated rings. The molecule has 0 N–H and O–H groups in total. The van der Waals surface area contributed by atoms with Gasteiger partial charge in [-0.2, -0.15) is 0 Å². The summed E-state index contributed by atoms with van der Waals surface area (Å²) in [6.07, 6.45) is 0. The van der Waals surface area contributed by atoms with Crippen molar-refractivity contribution in [2.75, 3.05) is 9.80 Å². The number of anilines is 6. The number of aromatic nitrogens is 4. The van der Waals surface area contributed by atoms with Gasteiger partial charge < -0.3 is 14.2 Å². The van der Waals surface area contributed by atoms with E-state index >= 15 is 0 Å². The number of furan rings is 1. The van der Waals surface area contributed by atoms with Crippen LogP contribution in [0.25, 0.3) is 145 Å². The molecule has 0 radical (unpaired) electrons. The predicted octanol–water partition coefficient (Wildman–Crippen LogP) is 24.8. The SMILES string of the molecule is c1ccc(-c2cc3nc(n2)-c2cccc(c2)-c2cc(cc4oc5ccccc5c24)N(c2ccccc2)c2cccc(c2)-c2cccc-3c2)cc1.c1ccc(-c2ccc(N3c4cccc(c4)-c4cccc(c4)-c4cc(-c5ccccc5)nc(n4)-c4cccc(c4)-c4cccc3c4)cc2)cc1. The number of para-hydroxylation sites is 2. The lowest BCUT2D eigenvalue weighted by molar-refractivity contribution is 0.669. The minimum absolute atomic E-state index is 0.679. The summed E-state index contributed by atoms with van der Waals surface area (Å²) in [5.41, 5.74) is 29.0. The van der Waals surface area contributed by atoms with Crippen molar-refractivity contribution in [1.82, 2.24) is 19.9 Å². The second-order valence-corrected chi connectivity index (χ2v) is 25.0. The van der Waals surface area contributed by atoms with Gasteiger partial charge in [0.2, 0.25) is 0 Å². The van der Waals surface area contributed by atoms with Crippen LogP contribution in [0.3, 0.4) is 0 Å². The maximum absolute atomic E-state index is 6.60. The Morgan fingerprint density at radius 1 is 0.192 bits per heavy atom. The minimum atomic E-state index is 0.679. The van der Waals surface area contributed by atoms with Gasteiger partial charge in [-0.25, -0.2) is 19.9 Å². The van der Waals surface area contributed by atoms with Crippen LogP contribution in [0.4, 0.5) is 34.1 Å². The molecule has 0 spiro atoms. The zero-order valence-electron chi connectivity index (χ0n) is 53.7. The number of hydrogen-bond donors (Lipinski definition) is 0. The zero-order chi connectivity index (χ0) is 65.6. The Hall–Kier alpha value is -13.4. The second-order valence-electron chi connectivity index (χ2n) is 25.0. The van der Waals surface area contributed by atoms with E-state index in [0.717, 1.165) is 157 Å². The van der Waals surface area contributed by atoms with Crippen LogP contribution in [0.2, 0.25) is 0 Å². The quantitative estimate of drug-likeness (QED) is 0.170. The number of hydrogen-bond acceptors (Lipinski definition) is 7. The van der Waals surface area contributed by atoms with Gasteiger partial charge in [-0.15, -0.1) is 0 Å². The van der Waals surface area contributed by atoms with Crippen molar-refractivity contribution in [2.24, 2.45) is 0 Å². The molecule has 2 aliphatic rings. The first-order valence-corrected chi connectivity index (χ1v) is 33.4. The number of benzene rings is 14. The van der Waals surface area contributed by atoms with E-state index in [1.165, 1.54) is 11.1 Å². The summed E-state index contributed by atoms with van der Waals surface area (Å²) in [6.45, 7) is 0. The summed E-state index contributed by atoms with van der Waals surface area (Å²) >= 11 is 0. The van der Waals surface area contributed by atoms with Crippen LogP contribution in [0.15, 0.2) is 368 Å². The topological polar surface area (TPSA) is 71.2 Å². The second kappa shape index (κ2) is 25.1. The molecule has 17 aromatic rings. The molecule has 19 rings (SSSR count). The Morgan fingerprint density at radius 3 is 1.03 bits per heavy atom. The first-order chi connectivity index (χ1) is 49.0. The molecule has 464 valence electrons. The van der Waals surface area contributed by atoms with Crippen molar-refractivity contribution in [1.29, 1.82) is 0 Å². The molecule has 14 aromatic carbocycles. The van der Waals surface area contributed by atoms with Gasteiger partial charge in [-0.3, -0.25) is 0 Å². The van der Waals surface area contributed by atoms with Crippen LogP contribution in [0.1, 0.15) is 0 Å². The Kier molecular flexibility index (Phi) is 14.8. The zero-order valence-corrected chi connectivity index (χ0v) is 53.7. The van der Waals surface area contributed by atoms with Crippen molar-refractivity contribution < 1.29 is 4.42 Å². The molecule has 7 heteroatoms. The van der Waals surface area contributed by atoms with Crippen LogP contribution < -0.4 is 9.80 Å². The lowest BCUT2D eigenvalue weighted by Gasteiger charge is -2.27. The molecule has 0 aliphatic carbocycles. The smallest absolute Gasteiger partial charge is 0.160 e. The van der Waals surface area contributed by atoms with E-state index in [4.69, 9.17) is 24.4 Å². The summed E-state index contributed by atoms with van der Waals surface area (Å²) in [5, 5.41) is 2.17. The van der Waals surface area contributed by atoms with E-state index in [1.54, 1.807) is 0 Å². The first-order valence-electron chi connectivity index (χ1n) is 33.4. The van der Waals surface area contributed by atoms with Gasteiger partial charge in [0.1, 0.15) is 11.2 Å². The molecule has 0 saturated carbocycles. The van der Waals surface area contributed by atoms with Crippen molar-refractivity contribution in [3.63, 3.8) is 0 Å². The van der Waals surface area contributed by atoms with E-state index in [2.05, 4.69) is 350 Å². The highest BCUT2D eigenvalue weighted by atomic mass is 16.3. The van der Waals surface area contributed by atoms with Crippen LogP contribution >= 0.6 is 0 Å². The van der Waals surface area contributed by atoms with Crippen LogP contribution in [-0.2, 0) is 0 Å². The molecular formula is C92H60N6O. The Labute approximate surface area is 574 Å². The van der Waals surface area contributed by atoms with Gasteiger partial charge in [-0.1, -0.05) is 249 Å². The highest BCUT2D eigenvalue weighted by Crippen LogP contribution is 2.47. The third kappa shape index (κ3) is 11.4. The van der Waals surface area contributed by atoms with Crippen LogP contribution in [0.5, 0.6) is 0 Å². The Morgan fingerprint density at radius 2 is 0.525 bits per heavy atom. The standard InChI is InChI=1S/C46H29N3O.C46H31N3/c1-3-12-30(13-4-1)41-29-42-34-17-9-14-31(24-34)32-15-11-21-37(26-32)49(36-19-5-2-6-20-36)38-27-40(33-16-10-18-35(25-33)46(47-41)48-42)45-39-22-7-8-23-43(39)50-44(45)28-38;1-3-11-32(12-4-1)33-23-25-41(26-24-33)49-42-21-9-17-37(29-42)35-15-7-19-39(27-35)45-31-44(34-13-5-2-6-14-34)47-46(48-45)40-20-8-16-36(28-40)38-18-10-22-43(49)30-38/h1-29H;1-31H. The first kappa shape index (κ1) is 58.2. The van der Waals surface area contributed by atoms with E-state index in [-0.39, 0.29) is 0 Å². The Balaban J connectivity index is 0.000000143. The van der Waals surface area contributed by atoms with Crippen molar-refractivity contribution in [3.8, 4) is 123 Å². The highest BCUT2D eigenvalue weighted by Gasteiger charge is 2.23. The molecule has 5 heterocycles. The van der Waals surface area contributed by atoms with Crippen molar-refractivity contribution >= 4 is 56.1 Å². The molecule has 0 atom stereocenters. The largest absolute Gasteiger partial charge is 0.456 e. The van der Waals surface area contributed by atoms with Gasteiger partial charge in [0.05, 0.1) is 28.5 Å². The molecule has 0 saturated heterocycles. The molecular weight excluding hydrogens is 1210 g/mol. The monoisotopic (exact) mass is 1260 g/mol. The third-order valence-corrected chi connectivity index (χ3v) is 18.7. The van der Waals surface area contributed by atoms with Crippen LogP contribution in [0, 0.1) is 0 Å². The van der Waals surface area contributed by atoms with Gasteiger partial charge >= 0.3 is 0 Å². The normalized spacial score (nSPS) is 11.8. The van der Waals surface area contributed by atoms with Gasteiger partial charge in [-0.05, 0) is 165 Å². The highest BCUT2D eigenvalue weighted by molar-refractivity contribution is 6.14. The summed E-state index contributed by atoms with van der Waals surface area (Å²) in [7, 11) is 0. The summed E-state index contributed by atoms with van der Waals surface area (Å²) in [6, 6.07) is 128. The maximum atomic E-state index is 6.60. The fourth-order valence-corrected chi connectivity index (χ4v) is 13.9. The molecule has 7 nitrogen and oxygen atoms in total. The number of rotatable bonds is 5. The predicted molar refractivity (Wildman–Crippen MR) is 408 cm³/mol. The fourth-order valence-electron chi connectivity index (χ4n) is 13.9. The van der Waals surface area contributed by atoms with E-state index in [1.807, 2.05) is 24.3 Å². The molecule has 0 amide bonds. The number of nitrogens with zero attached hydrogens (tertiary/aromatic N) is 6. The van der Waals surface area contributed by atoms with E-state index in [9.17, 15) is 0 Å². The average Bonchev–Trinajstić information content (AvgIpc) is 1.70. The lowest BCUT2D eigenvalue weighted by atomic mass is 9.95. The molecule has 2 aliphatic heterocycles. The van der Waals surface area contributed by atoms with Crippen molar-refractivity contribution in [3.05, 3.63) is 364 Å². The minimum Gasteiger partial charge on any atom is -0.456 e. The van der Waals surface area contributed by atoms with Crippen LogP contribution in [-0.4, -0.2) is 19.9 Å². The fraction of sp³-hybridized carbons (Fsp3) is 0. The Bertz CT molecular complexity index is 5770. The lowest BCUT2D eigenvalue weighted by Crippen LogP contribution is -2.10. The third-order valence-electron chi connectivity index (χ3n) is 18.7. The summed E-state index contributed by atoms with van der Waals surface area (Å²) < 4.78 is 6.60. The van der Waals surface area contributed by atoms with Gasteiger partial charge in [0.25, 0.3) is 0 Å². The molecule has 99 heavy (non-hydrogen) atoms. The van der Waals surface area contributed by atoms with Crippen molar-refractivity contribution in [2.45, 2.75) is 0 Å². The summed E-state index contributed by atoms with van der Waals surface area (Å²) in [5.74, 6) is 1.38. The van der Waals surface area contributed by atoms with Gasteiger partial charge in [0, 0.05) is 78.7 Å². The molecule has 3 aromatic heterocycles. The number of fused-ring (bicyclic) bond motifs is 32. The maximum Gasteiger partial charge on any atom is 0.160 e. The average molecular weight is 1270 g/mol. The van der Waals surface area contributed by atoms with Gasteiger partial charge in [0.15, 0.2) is 11.6 Å². The summed E-state index contributed by atoms with van der Waals surface area (Å²) in [4.78, 5) is 25.3. The molecule has 20 bridgehead atoms.